The Hall–Kier alpha value is -1.43. The summed E-state index contributed by atoms with van der Waals surface area (Å²) in [7, 11) is 8.89. The van der Waals surface area contributed by atoms with Crippen molar-refractivity contribution in [2.45, 2.75) is 0 Å². The van der Waals surface area contributed by atoms with Gasteiger partial charge in [0.05, 0.1) is 0 Å². The number of halogens is 3. The number of rotatable bonds is 10. The number of hydrogen-bond acceptors (Lipinski definition) is 2. The molecule has 0 N–H and O–H groups in total. The molecule has 0 saturated heterocycles. The second-order valence-corrected chi connectivity index (χ2v) is 15.6. The second kappa shape index (κ2) is 19.7. The minimum atomic E-state index is -0.391. The van der Waals surface area contributed by atoms with Crippen molar-refractivity contribution in [3.63, 3.8) is 0 Å². The first kappa shape index (κ1) is 33.1. The van der Waals surface area contributed by atoms with Crippen LogP contribution in [0.1, 0.15) is 0 Å². The van der Waals surface area contributed by atoms with Gasteiger partial charge in [-0.3, -0.25) is 6.38 Å². The van der Waals surface area contributed by atoms with Crippen molar-refractivity contribution in [1.82, 2.24) is 9.80 Å². The number of benzene rings is 4. The molecule has 2 nitrogen and oxygen atoms in total. The van der Waals surface area contributed by atoms with Crippen LogP contribution in [0, 0.1) is 13.1 Å². The van der Waals surface area contributed by atoms with Gasteiger partial charge in [0.2, 0.25) is 6.67 Å². The molecule has 0 atom stereocenters. The molecule has 4 aromatic rings. The fourth-order valence-corrected chi connectivity index (χ4v) is 8.89. The quantitative estimate of drug-likeness (QED) is 0.0943. The van der Waals surface area contributed by atoms with Gasteiger partial charge in [-0.15, -0.1) is 0 Å². The van der Waals surface area contributed by atoms with Crippen LogP contribution in [-0.4, -0.2) is 35.2 Å². The van der Waals surface area contributed by atoms with Crippen molar-refractivity contribution in [3.05, 3.63) is 147 Å². The van der Waals surface area contributed by atoms with Crippen LogP contribution in [0.15, 0.2) is 134 Å². The molecule has 0 bridgehead atoms. The summed E-state index contributed by atoms with van der Waals surface area (Å²) in [5.41, 5.74) is 0. The molecule has 0 saturated carbocycles. The molecular weight excluding hydrogens is 684 g/mol. The molecule has 40 heavy (non-hydrogen) atoms. The molecule has 210 valence electrons. The third kappa shape index (κ3) is 10.8. The van der Waals surface area contributed by atoms with Gasteiger partial charge in [-0.2, -0.15) is 0 Å². The standard InChI is InChI=1S/C31H30N2P2.CH2Cl.2ClH.Rh/c1-5-13-28(14-6-1)34(29-15-7-2-8-16-29)25-23-32-21-22-33(27-32)24-26-35(30-17-9-3-10-18-30)31-19-11-4-12-20-31;1-2;;;/h1-22H,23-26H2;1H2;2*1H;/q;-1;;;+3/p-2. The zero-order chi connectivity index (χ0) is 28.4. The van der Waals surface area contributed by atoms with E-state index in [1.807, 2.05) is 0 Å². The van der Waals surface area contributed by atoms with Gasteiger partial charge in [0.1, 0.15) is 0 Å². The van der Waals surface area contributed by atoms with Crippen LogP contribution in [0.25, 0.3) is 0 Å². The molecule has 0 aliphatic carbocycles. The van der Waals surface area contributed by atoms with Gasteiger partial charge < -0.3 is 21.4 Å². The van der Waals surface area contributed by atoms with Gasteiger partial charge in [-0.1, -0.05) is 121 Å². The van der Waals surface area contributed by atoms with E-state index in [0.717, 1.165) is 25.4 Å². The summed E-state index contributed by atoms with van der Waals surface area (Å²) in [5, 5.41) is 5.74. The van der Waals surface area contributed by atoms with Gasteiger partial charge in [-0.25, -0.2) is 0 Å². The topological polar surface area (TPSA) is 6.48 Å². The zero-order valence-electron chi connectivity index (χ0n) is 22.0. The summed E-state index contributed by atoms with van der Waals surface area (Å²) in [6.07, 6.45) is 9.29. The Bertz CT molecular complexity index is 1050. The molecule has 0 fully saturated rings. The SMILES string of the molecule is [CH2-]Cl.[C]1N(CCP(c2ccccc2)c2ccccc2)C=CN1CCP(c1ccccc1)c1ccccc1.[Cl][Rh+][Cl]. The number of nitrogens with zero attached hydrogens (tertiary/aromatic N) is 2. The molecule has 1 aliphatic rings. The Morgan fingerprint density at radius 2 is 0.775 bits per heavy atom. The Morgan fingerprint density at radius 1 is 0.525 bits per heavy atom. The first-order valence-corrected chi connectivity index (χ1v) is 20.4. The van der Waals surface area contributed by atoms with E-state index in [1.165, 1.54) is 21.2 Å². The van der Waals surface area contributed by atoms with E-state index in [4.69, 9.17) is 19.4 Å². The molecule has 4 aromatic carbocycles. The van der Waals surface area contributed by atoms with Crippen molar-refractivity contribution in [3.8, 4) is 0 Å². The maximum atomic E-state index is 4.83. The molecule has 0 unspecified atom stereocenters. The summed E-state index contributed by atoms with van der Waals surface area (Å²) in [5.74, 6) is 0. The van der Waals surface area contributed by atoms with E-state index in [9.17, 15) is 0 Å². The molecule has 1 aliphatic heterocycles. The number of hydrogen-bond donors (Lipinski definition) is 0. The predicted molar refractivity (Wildman–Crippen MR) is 177 cm³/mol. The molecule has 1 heterocycles. The van der Waals surface area contributed by atoms with Crippen LogP contribution in [0.2, 0.25) is 0 Å². The van der Waals surface area contributed by atoms with Crippen molar-refractivity contribution >= 4 is 68.0 Å². The zero-order valence-corrected chi connectivity index (χ0v) is 27.7. The van der Waals surface area contributed by atoms with Crippen LogP contribution in [0.4, 0.5) is 0 Å². The summed E-state index contributed by atoms with van der Waals surface area (Å²) >= 11 is 4.16. The molecule has 0 spiro atoms. The first-order chi connectivity index (χ1) is 19.8. The van der Waals surface area contributed by atoms with Gasteiger partial charge in [0, 0.05) is 25.5 Å². The van der Waals surface area contributed by atoms with E-state index >= 15 is 0 Å². The van der Waals surface area contributed by atoms with Gasteiger partial charge in [-0.05, 0) is 49.4 Å². The summed E-state index contributed by atoms with van der Waals surface area (Å²) < 4.78 is 0. The Balaban J connectivity index is 0.000000827. The second-order valence-electron chi connectivity index (χ2n) is 8.48. The van der Waals surface area contributed by atoms with E-state index in [-0.39, 0.29) is 15.1 Å². The fourth-order valence-electron chi connectivity index (χ4n) is 4.30. The first-order valence-electron chi connectivity index (χ1n) is 12.6. The van der Waals surface area contributed by atoms with Crippen molar-refractivity contribution in [2.75, 3.05) is 25.4 Å². The van der Waals surface area contributed by atoms with Crippen LogP contribution < -0.4 is 21.2 Å². The van der Waals surface area contributed by atoms with Crippen molar-refractivity contribution in [1.29, 1.82) is 0 Å². The van der Waals surface area contributed by atoms with Crippen LogP contribution >= 0.6 is 46.8 Å². The van der Waals surface area contributed by atoms with Crippen molar-refractivity contribution in [2.24, 2.45) is 0 Å². The molecule has 0 amide bonds. The van der Waals surface area contributed by atoms with Gasteiger partial charge in [0.15, 0.2) is 0 Å². The third-order valence-electron chi connectivity index (χ3n) is 6.08. The Morgan fingerprint density at radius 3 is 1.02 bits per heavy atom. The summed E-state index contributed by atoms with van der Waals surface area (Å²) in [6, 6.07) is 43.8. The molecule has 0 aromatic heterocycles. The van der Waals surface area contributed by atoms with Crippen LogP contribution in [0.5, 0.6) is 0 Å². The van der Waals surface area contributed by atoms with Gasteiger partial charge >= 0.3 is 34.5 Å². The summed E-state index contributed by atoms with van der Waals surface area (Å²) in [4.78, 5) is 4.46. The van der Waals surface area contributed by atoms with Crippen LogP contribution in [0.3, 0.4) is 0 Å². The van der Waals surface area contributed by atoms with Crippen LogP contribution in [-0.2, 0) is 15.1 Å². The average Bonchev–Trinajstić information content (AvgIpc) is 3.49. The molecule has 5 rings (SSSR count). The van der Waals surface area contributed by atoms with Gasteiger partial charge in [0.25, 0.3) is 0 Å². The molecule has 8 heteroatoms. The molecular formula is C32H32Cl3N2P2Rh. The van der Waals surface area contributed by atoms with E-state index in [1.54, 1.807) is 0 Å². The van der Waals surface area contributed by atoms with Crippen molar-refractivity contribution < 1.29 is 15.1 Å². The Kier molecular flexibility index (Phi) is 16.3. The summed E-state index contributed by atoms with van der Waals surface area (Å²) in [6.45, 7) is 5.52. The van der Waals surface area contributed by atoms with E-state index in [0.29, 0.717) is 0 Å². The van der Waals surface area contributed by atoms with E-state index in [2.05, 4.69) is 168 Å². The normalized spacial score (nSPS) is 12.2. The Labute approximate surface area is 263 Å². The molecule has 2 radical (unpaired) electrons. The third-order valence-corrected chi connectivity index (χ3v) is 11.1. The van der Waals surface area contributed by atoms with E-state index < -0.39 is 15.8 Å². The predicted octanol–water partition coefficient (Wildman–Crippen LogP) is 7.73. The fraction of sp³-hybridized carbons (Fsp3) is 0.125. The minimum absolute atomic E-state index is 0.226. The monoisotopic (exact) mass is 714 g/mol. The maximum absolute atomic E-state index is 4.83. The average molecular weight is 716 g/mol.